The third kappa shape index (κ3) is 8.88. The van der Waals surface area contributed by atoms with Crippen LogP contribution >= 0.6 is 0 Å². The second-order valence-corrected chi connectivity index (χ2v) is 34.1. The first-order chi connectivity index (χ1) is 14.3. The number of hydrogen-bond donors (Lipinski definition) is 1. The van der Waals surface area contributed by atoms with Crippen molar-refractivity contribution in [3.63, 3.8) is 0 Å². The first-order valence-electron chi connectivity index (χ1n) is 12.5. The molecule has 0 spiro atoms. The Kier molecular flexibility index (Phi) is 10.3. The maximum Gasteiger partial charge on any atom is 0.129 e. The molecule has 184 valence electrons. The van der Waals surface area contributed by atoms with E-state index in [-0.39, 0.29) is 11.3 Å². The predicted octanol–water partition coefficient (Wildman–Crippen LogP) is 7.43. The largest absolute Gasteiger partial charge is 0.390 e. The second kappa shape index (κ2) is 11.0. The number of hydrogen-bond acceptors (Lipinski definition) is 2. The first-order valence-corrected chi connectivity index (χ1v) is 26.5. The highest BCUT2D eigenvalue weighted by atomic mass is 28.3. The van der Waals surface area contributed by atoms with Crippen LogP contribution in [0, 0.1) is 11.5 Å². The summed E-state index contributed by atoms with van der Waals surface area (Å²) in [7, 11) is -5.97. The number of aliphatic hydroxyl groups is 1. The molecule has 1 aliphatic rings. The van der Waals surface area contributed by atoms with Gasteiger partial charge < -0.3 is 9.84 Å². The highest BCUT2D eigenvalue weighted by Crippen LogP contribution is 2.38. The van der Waals surface area contributed by atoms with Gasteiger partial charge in [0.05, 0.1) is 35.5 Å². The number of ether oxygens (including phenoxy) is 1. The maximum absolute atomic E-state index is 11.0. The number of allylic oxidation sites excluding steroid dienone is 3. The van der Waals surface area contributed by atoms with Gasteiger partial charge in [-0.15, -0.1) is 11.5 Å². The van der Waals surface area contributed by atoms with Gasteiger partial charge in [-0.2, -0.15) is 0 Å². The van der Waals surface area contributed by atoms with Gasteiger partial charge in [0.1, 0.15) is 8.07 Å². The summed E-state index contributed by atoms with van der Waals surface area (Å²) in [6.07, 6.45) is 9.32. The molecule has 0 aromatic carbocycles. The van der Waals surface area contributed by atoms with Gasteiger partial charge in [0.25, 0.3) is 0 Å². The zero-order chi connectivity index (χ0) is 25.0. The molecular weight excluding hydrogens is 457 g/mol. The standard InChI is InChI=1S/C26H52O2Si4/c1-29(2,3)22-14-15-23(30(4,5)6)17-18-24(31(7,8)9)19-20-26(32(10,11)12)25(27)16-13-21-28-26/h17,19,25,27H,13,15-16,18,20-21H2,1-12H3/b23-17-,24-19-/t25-,26-/m1/s1. The Morgan fingerprint density at radius 1 is 0.906 bits per heavy atom. The van der Waals surface area contributed by atoms with Crippen molar-refractivity contribution in [1.29, 1.82) is 0 Å². The van der Waals surface area contributed by atoms with Crippen molar-refractivity contribution < 1.29 is 9.84 Å². The molecule has 1 aliphatic heterocycles. The van der Waals surface area contributed by atoms with Crippen LogP contribution in [0.1, 0.15) is 32.1 Å². The van der Waals surface area contributed by atoms with Crippen LogP contribution in [0.5, 0.6) is 0 Å². The zero-order valence-corrected chi connectivity index (χ0v) is 27.3. The Morgan fingerprint density at radius 3 is 1.91 bits per heavy atom. The summed E-state index contributed by atoms with van der Waals surface area (Å²) < 4.78 is 6.43. The van der Waals surface area contributed by atoms with Crippen molar-refractivity contribution in [1.82, 2.24) is 0 Å². The lowest BCUT2D eigenvalue weighted by molar-refractivity contribution is -0.108. The molecule has 0 saturated carbocycles. The van der Waals surface area contributed by atoms with Crippen molar-refractivity contribution >= 4 is 32.3 Å². The van der Waals surface area contributed by atoms with Crippen LogP contribution < -0.4 is 0 Å². The molecule has 1 N–H and O–H groups in total. The van der Waals surface area contributed by atoms with E-state index < -0.39 is 32.3 Å². The van der Waals surface area contributed by atoms with E-state index in [2.05, 4.69) is 102 Å². The quantitative estimate of drug-likeness (QED) is 0.273. The maximum atomic E-state index is 11.0. The fraction of sp³-hybridized carbons (Fsp3) is 0.769. The summed E-state index contributed by atoms with van der Waals surface area (Å²) in [5, 5.41) is 13.8. The Hall–Kier alpha value is -0.172. The van der Waals surface area contributed by atoms with E-state index >= 15 is 0 Å². The van der Waals surface area contributed by atoms with E-state index in [1.807, 2.05) is 0 Å². The van der Waals surface area contributed by atoms with Crippen LogP contribution in [0.25, 0.3) is 0 Å². The summed E-state index contributed by atoms with van der Waals surface area (Å²) in [6, 6.07) is 0. The average molecular weight is 509 g/mol. The highest BCUT2D eigenvalue weighted by Gasteiger charge is 2.50. The van der Waals surface area contributed by atoms with Gasteiger partial charge in [-0.25, -0.2) is 0 Å². The van der Waals surface area contributed by atoms with Gasteiger partial charge in [0, 0.05) is 13.0 Å². The lowest BCUT2D eigenvalue weighted by Gasteiger charge is -2.49. The summed E-state index contributed by atoms with van der Waals surface area (Å²) in [5.74, 6) is 3.53. The Bertz CT molecular complexity index is 746. The van der Waals surface area contributed by atoms with E-state index in [0.29, 0.717) is 0 Å². The van der Waals surface area contributed by atoms with Gasteiger partial charge in [-0.1, -0.05) is 101 Å². The van der Waals surface area contributed by atoms with Crippen molar-refractivity contribution in [2.45, 2.75) is 122 Å². The molecule has 0 aromatic heterocycles. The lowest BCUT2D eigenvalue weighted by atomic mass is 10.0. The third-order valence-corrected chi connectivity index (χ3v) is 15.5. The van der Waals surface area contributed by atoms with E-state index in [0.717, 1.165) is 38.7 Å². The normalized spacial score (nSPS) is 24.2. The molecule has 0 radical (unpaired) electrons. The molecule has 0 amide bonds. The van der Waals surface area contributed by atoms with Crippen LogP contribution in [0.3, 0.4) is 0 Å². The minimum atomic E-state index is -1.73. The second-order valence-electron chi connectivity index (χ2n) is 13.7. The van der Waals surface area contributed by atoms with Crippen LogP contribution in [-0.4, -0.2) is 55.3 Å². The van der Waals surface area contributed by atoms with Gasteiger partial charge in [-0.05, 0) is 25.7 Å². The van der Waals surface area contributed by atoms with E-state index in [1.54, 1.807) is 10.4 Å². The molecule has 1 saturated heterocycles. The molecule has 2 atom stereocenters. The molecule has 0 unspecified atom stereocenters. The molecule has 1 fully saturated rings. The highest BCUT2D eigenvalue weighted by molar-refractivity contribution is 6.84. The minimum Gasteiger partial charge on any atom is -0.390 e. The lowest BCUT2D eigenvalue weighted by Crippen LogP contribution is -2.63. The summed E-state index contributed by atoms with van der Waals surface area (Å²) >= 11 is 0. The molecule has 2 nitrogen and oxygen atoms in total. The Morgan fingerprint density at radius 2 is 1.47 bits per heavy atom. The van der Waals surface area contributed by atoms with Gasteiger partial charge in [0.15, 0.2) is 0 Å². The Labute approximate surface area is 204 Å². The summed E-state index contributed by atoms with van der Waals surface area (Å²) in [6.45, 7) is 29.5. The fourth-order valence-electron chi connectivity index (χ4n) is 4.33. The number of aliphatic hydroxyl groups excluding tert-OH is 1. The Balaban J connectivity index is 3.26. The topological polar surface area (TPSA) is 29.5 Å². The SMILES string of the molecule is C[Si](C)(C)C#CC/C(=C/C/C(=C/C[C@]1([Si](C)(C)C)OCCC[C@H]1O)[Si](C)(C)C)[Si](C)(C)C. The summed E-state index contributed by atoms with van der Waals surface area (Å²) in [5.41, 5.74) is 3.56. The third-order valence-electron chi connectivity index (χ3n) is 6.68. The van der Waals surface area contributed by atoms with Crippen LogP contribution in [0.2, 0.25) is 78.6 Å². The molecular formula is C26H52O2Si4. The predicted molar refractivity (Wildman–Crippen MR) is 155 cm³/mol. The van der Waals surface area contributed by atoms with E-state index in [9.17, 15) is 5.11 Å². The van der Waals surface area contributed by atoms with Crippen molar-refractivity contribution in [2.24, 2.45) is 0 Å². The zero-order valence-electron chi connectivity index (χ0n) is 23.3. The molecule has 0 bridgehead atoms. The molecule has 1 rings (SSSR count). The monoisotopic (exact) mass is 508 g/mol. The summed E-state index contributed by atoms with van der Waals surface area (Å²) in [4.78, 5) is 0. The van der Waals surface area contributed by atoms with Crippen LogP contribution in [-0.2, 0) is 4.74 Å². The molecule has 0 aromatic rings. The van der Waals surface area contributed by atoms with Crippen molar-refractivity contribution in [3.8, 4) is 11.5 Å². The van der Waals surface area contributed by atoms with Crippen LogP contribution in [0.15, 0.2) is 22.5 Å². The molecule has 1 heterocycles. The van der Waals surface area contributed by atoms with Crippen LogP contribution in [0.4, 0.5) is 0 Å². The van der Waals surface area contributed by atoms with Crippen molar-refractivity contribution in [3.05, 3.63) is 22.5 Å². The molecule has 0 aliphatic carbocycles. The molecule has 6 heteroatoms. The van der Waals surface area contributed by atoms with Gasteiger partial charge in [0.2, 0.25) is 0 Å². The molecule has 32 heavy (non-hydrogen) atoms. The van der Waals surface area contributed by atoms with Crippen molar-refractivity contribution in [2.75, 3.05) is 6.61 Å². The average Bonchev–Trinajstić information content (AvgIpc) is 2.57. The van der Waals surface area contributed by atoms with Gasteiger partial charge >= 0.3 is 0 Å². The van der Waals surface area contributed by atoms with E-state index in [1.165, 1.54) is 0 Å². The number of rotatable bonds is 8. The van der Waals surface area contributed by atoms with Gasteiger partial charge in [-0.3, -0.25) is 0 Å². The van der Waals surface area contributed by atoms with E-state index in [4.69, 9.17) is 4.74 Å². The smallest absolute Gasteiger partial charge is 0.129 e. The minimum absolute atomic E-state index is 0.341. The first kappa shape index (κ1) is 29.9. The fourth-order valence-corrected chi connectivity index (χ4v) is 10.1.